The number of aryl methyl sites for hydroxylation is 1. The highest BCUT2D eigenvalue weighted by atomic mass is 32.2. The number of hydrogen-bond acceptors (Lipinski definition) is 4. The van der Waals surface area contributed by atoms with Crippen molar-refractivity contribution in [3.63, 3.8) is 0 Å². The molecular formula is C14H15N3O2S. The molecule has 104 valence electrons. The van der Waals surface area contributed by atoms with Gasteiger partial charge in [0.15, 0.2) is 5.16 Å². The van der Waals surface area contributed by atoms with Gasteiger partial charge in [-0.2, -0.15) is 0 Å². The normalized spacial score (nSPS) is 11.9. The molecule has 0 aliphatic rings. The fourth-order valence-corrected chi connectivity index (χ4v) is 2.36. The number of rotatable bonds is 4. The Kier molecular flexibility index (Phi) is 4.57. The number of nitrogens with one attached hydrogen (secondary N) is 2. The number of anilines is 1. The van der Waals surface area contributed by atoms with E-state index in [1.54, 1.807) is 6.92 Å². The number of aromatic amines is 1. The number of amides is 1. The van der Waals surface area contributed by atoms with Crippen molar-refractivity contribution in [3.05, 3.63) is 52.4 Å². The van der Waals surface area contributed by atoms with Gasteiger partial charge in [0, 0.05) is 18.0 Å². The minimum absolute atomic E-state index is 0.129. The van der Waals surface area contributed by atoms with Gasteiger partial charge in [0.25, 0.3) is 5.56 Å². The number of carbonyl (C=O) groups is 1. The fourth-order valence-electron chi connectivity index (χ4n) is 1.58. The van der Waals surface area contributed by atoms with Crippen LogP contribution >= 0.6 is 11.8 Å². The predicted molar refractivity (Wildman–Crippen MR) is 80.0 cm³/mol. The molecule has 0 spiro atoms. The lowest BCUT2D eigenvalue weighted by molar-refractivity contribution is -0.115. The van der Waals surface area contributed by atoms with Gasteiger partial charge >= 0.3 is 0 Å². The Hall–Kier alpha value is -2.08. The van der Waals surface area contributed by atoms with E-state index in [0.29, 0.717) is 5.16 Å². The van der Waals surface area contributed by atoms with Crippen molar-refractivity contribution in [1.29, 1.82) is 0 Å². The van der Waals surface area contributed by atoms with Crippen molar-refractivity contribution < 1.29 is 4.79 Å². The first-order chi connectivity index (χ1) is 9.56. The SMILES string of the molecule is Cc1ccccc1NC(=O)C(C)Sc1nccc(=O)[nH]1. The van der Waals surface area contributed by atoms with Crippen LogP contribution in [-0.2, 0) is 4.79 Å². The third-order valence-corrected chi connectivity index (χ3v) is 3.71. The monoisotopic (exact) mass is 289 g/mol. The highest BCUT2D eigenvalue weighted by Gasteiger charge is 2.16. The summed E-state index contributed by atoms with van der Waals surface area (Å²) in [5, 5.41) is 2.94. The molecule has 0 saturated carbocycles. The van der Waals surface area contributed by atoms with Gasteiger partial charge < -0.3 is 10.3 Å². The summed E-state index contributed by atoms with van der Waals surface area (Å²) >= 11 is 1.21. The van der Waals surface area contributed by atoms with Crippen LogP contribution in [0.1, 0.15) is 12.5 Å². The maximum atomic E-state index is 12.1. The highest BCUT2D eigenvalue weighted by molar-refractivity contribution is 8.00. The minimum Gasteiger partial charge on any atom is -0.325 e. The van der Waals surface area contributed by atoms with E-state index >= 15 is 0 Å². The van der Waals surface area contributed by atoms with Crippen molar-refractivity contribution in [3.8, 4) is 0 Å². The second-order valence-electron chi connectivity index (χ2n) is 4.30. The first-order valence-electron chi connectivity index (χ1n) is 6.15. The second kappa shape index (κ2) is 6.38. The van der Waals surface area contributed by atoms with Gasteiger partial charge in [0.2, 0.25) is 5.91 Å². The van der Waals surface area contributed by atoms with Crippen LogP contribution in [0.4, 0.5) is 5.69 Å². The van der Waals surface area contributed by atoms with Crippen LogP contribution in [0, 0.1) is 6.92 Å². The minimum atomic E-state index is -0.361. The first-order valence-corrected chi connectivity index (χ1v) is 7.02. The molecule has 2 rings (SSSR count). The van der Waals surface area contributed by atoms with Crippen LogP contribution in [0.2, 0.25) is 0 Å². The van der Waals surface area contributed by atoms with E-state index in [4.69, 9.17) is 0 Å². The van der Waals surface area contributed by atoms with E-state index in [9.17, 15) is 9.59 Å². The molecule has 5 nitrogen and oxygen atoms in total. The van der Waals surface area contributed by atoms with E-state index in [0.717, 1.165) is 11.3 Å². The molecule has 1 aromatic carbocycles. The molecule has 1 heterocycles. The van der Waals surface area contributed by atoms with E-state index < -0.39 is 0 Å². The molecular weight excluding hydrogens is 274 g/mol. The number of carbonyl (C=O) groups excluding carboxylic acids is 1. The number of para-hydroxylation sites is 1. The molecule has 0 aliphatic carbocycles. The summed E-state index contributed by atoms with van der Waals surface area (Å²) in [5.74, 6) is -0.129. The molecule has 1 aromatic heterocycles. The molecule has 6 heteroatoms. The van der Waals surface area contributed by atoms with E-state index in [2.05, 4.69) is 15.3 Å². The number of nitrogens with zero attached hydrogens (tertiary/aromatic N) is 1. The zero-order valence-electron chi connectivity index (χ0n) is 11.2. The lowest BCUT2D eigenvalue weighted by Gasteiger charge is -2.12. The number of aromatic nitrogens is 2. The summed E-state index contributed by atoms with van der Waals surface area (Å²) in [7, 11) is 0. The Balaban J connectivity index is 2.02. The van der Waals surface area contributed by atoms with Gasteiger partial charge in [-0.1, -0.05) is 30.0 Å². The average Bonchev–Trinajstić information content (AvgIpc) is 2.41. The Morgan fingerprint density at radius 1 is 1.35 bits per heavy atom. The number of hydrogen-bond donors (Lipinski definition) is 2. The average molecular weight is 289 g/mol. The van der Waals surface area contributed by atoms with Crippen molar-refractivity contribution >= 4 is 23.4 Å². The molecule has 0 saturated heterocycles. The molecule has 0 radical (unpaired) electrons. The van der Waals surface area contributed by atoms with Gasteiger partial charge in [-0.3, -0.25) is 9.59 Å². The molecule has 1 atom stereocenters. The summed E-state index contributed by atoms with van der Waals surface area (Å²) in [6, 6.07) is 8.91. The van der Waals surface area contributed by atoms with Crippen LogP contribution in [0.3, 0.4) is 0 Å². The number of H-pyrrole nitrogens is 1. The fraction of sp³-hybridized carbons (Fsp3) is 0.214. The standard InChI is InChI=1S/C14H15N3O2S/c1-9-5-3-4-6-11(9)16-13(19)10(2)20-14-15-8-7-12(18)17-14/h3-8,10H,1-2H3,(H,16,19)(H,15,17,18). The molecule has 2 aromatic rings. The van der Waals surface area contributed by atoms with Crippen molar-refractivity contribution in [2.75, 3.05) is 5.32 Å². The van der Waals surface area contributed by atoms with Gasteiger partial charge in [0.1, 0.15) is 0 Å². The van der Waals surface area contributed by atoms with E-state index in [1.807, 2.05) is 31.2 Å². The molecule has 0 aliphatic heterocycles. The van der Waals surface area contributed by atoms with Crippen LogP contribution in [-0.4, -0.2) is 21.1 Å². The van der Waals surface area contributed by atoms with Crippen LogP contribution in [0.25, 0.3) is 0 Å². The zero-order chi connectivity index (χ0) is 14.5. The summed E-state index contributed by atoms with van der Waals surface area (Å²) in [5.41, 5.74) is 1.57. The summed E-state index contributed by atoms with van der Waals surface area (Å²) < 4.78 is 0. The Labute approximate surface area is 120 Å². The Bertz CT molecular complexity index is 669. The first kappa shape index (κ1) is 14.3. The quantitative estimate of drug-likeness (QED) is 0.668. The second-order valence-corrected chi connectivity index (χ2v) is 5.63. The molecule has 2 N–H and O–H groups in total. The van der Waals surface area contributed by atoms with Crippen molar-refractivity contribution in [1.82, 2.24) is 9.97 Å². The van der Waals surface area contributed by atoms with Crippen molar-refractivity contribution in [2.24, 2.45) is 0 Å². The van der Waals surface area contributed by atoms with Gasteiger partial charge in [-0.15, -0.1) is 0 Å². The molecule has 20 heavy (non-hydrogen) atoms. The Morgan fingerprint density at radius 3 is 2.80 bits per heavy atom. The molecule has 1 amide bonds. The lowest BCUT2D eigenvalue weighted by atomic mass is 10.2. The van der Waals surface area contributed by atoms with E-state index in [1.165, 1.54) is 24.0 Å². The Morgan fingerprint density at radius 2 is 2.10 bits per heavy atom. The topological polar surface area (TPSA) is 74.8 Å². The molecule has 1 unspecified atom stereocenters. The molecule has 0 bridgehead atoms. The highest BCUT2D eigenvalue weighted by Crippen LogP contribution is 2.20. The third kappa shape index (κ3) is 3.71. The predicted octanol–water partition coefficient (Wildman–Crippen LogP) is 2.20. The third-order valence-electron chi connectivity index (χ3n) is 2.71. The van der Waals surface area contributed by atoms with Gasteiger partial charge in [-0.25, -0.2) is 4.98 Å². The summed E-state index contributed by atoms with van der Waals surface area (Å²) in [4.78, 5) is 29.9. The number of benzene rings is 1. The zero-order valence-corrected chi connectivity index (χ0v) is 12.0. The summed E-state index contributed by atoms with van der Waals surface area (Å²) in [6.45, 7) is 3.70. The van der Waals surface area contributed by atoms with Gasteiger partial charge in [-0.05, 0) is 25.5 Å². The van der Waals surface area contributed by atoms with E-state index in [-0.39, 0.29) is 16.7 Å². The maximum absolute atomic E-state index is 12.1. The van der Waals surface area contributed by atoms with Gasteiger partial charge in [0.05, 0.1) is 5.25 Å². The van der Waals surface area contributed by atoms with Crippen LogP contribution in [0.15, 0.2) is 46.5 Å². The smallest absolute Gasteiger partial charge is 0.251 e. The maximum Gasteiger partial charge on any atom is 0.251 e. The number of thioether (sulfide) groups is 1. The van der Waals surface area contributed by atoms with Crippen LogP contribution < -0.4 is 10.9 Å². The lowest BCUT2D eigenvalue weighted by Crippen LogP contribution is -2.23. The van der Waals surface area contributed by atoms with Crippen LogP contribution in [0.5, 0.6) is 0 Å². The largest absolute Gasteiger partial charge is 0.325 e. The summed E-state index contributed by atoms with van der Waals surface area (Å²) in [6.07, 6.45) is 1.42. The molecule has 0 fully saturated rings. The van der Waals surface area contributed by atoms with Crippen molar-refractivity contribution in [2.45, 2.75) is 24.3 Å².